The Morgan fingerprint density at radius 3 is 2.70 bits per heavy atom. The summed E-state index contributed by atoms with van der Waals surface area (Å²) in [5.74, 6) is -0.0793. The molecule has 2 aromatic carbocycles. The van der Waals surface area contributed by atoms with Crippen LogP contribution in [0.2, 0.25) is 0 Å². The first kappa shape index (κ1) is 13.7. The van der Waals surface area contributed by atoms with Crippen LogP contribution in [-0.2, 0) is 0 Å². The summed E-state index contributed by atoms with van der Waals surface area (Å²) in [5, 5.41) is 3.84. The fourth-order valence-electron chi connectivity index (χ4n) is 1.55. The number of ether oxygens (including phenoxy) is 1. The first-order valence-electron chi connectivity index (χ1n) is 5.92. The number of benzene rings is 2. The van der Waals surface area contributed by atoms with Crippen LogP contribution in [0.5, 0.6) is 5.75 Å². The van der Waals surface area contributed by atoms with Gasteiger partial charge in [-0.1, -0.05) is 12.1 Å². The number of methoxy groups -OCH3 is 1. The Morgan fingerprint density at radius 1 is 1.25 bits per heavy atom. The Morgan fingerprint density at radius 2 is 2.00 bits per heavy atom. The fourth-order valence-corrected chi connectivity index (χ4v) is 1.55. The normalized spacial score (nSPS) is 10.5. The summed E-state index contributed by atoms with van der Waals surface area (Å²) < 4.78 is 17.8. The van der Waals surface area contributed by atoms with Crippen LogP contribution in [0.15, 0.2) is 53.6 Å². The number of carbonyl (C=O) groups is 1. The Balaban J connectivity index is 1.98. The highest BCUT2D eigenvalue weighted by molar-refractivity contribution is 5.94. The number of amides is 1. The predicted octanol–water partition coefficient (Wildman–Crippen LogP) is 2.60. The first-order chi connectivity index (χ1) is 9.69. The van der Waals surface area contributed by atoms with E-state index in [-0.39, 0.29) is 5.82 Å². The summed E-state index contributed by atoms with van der Waals surface area (Å²) in [7, 11) is 1.58. The van der Waals surface area contributed by atoms with Gasteiger partial charge in [-0.25, -0.2) is 9.82 Å². The average Bonchev–Trinajstić information content (AvgIpc) is 2.48. The van der Waals surface area contributed by atoms with Crippen LogP contribution in [0.1, 0.15) is 15.9 Å². The molecule has 2 rings (SSSR count). The number of hydrazone groups is 1. The maximum absolute atomic E-state index is 12.7. The van der Waals surface area contributed by atoms with E-state index in [1.807, 2.05) is 18.2 Å². The summed E-state index contributed by atoms with van der Waals surface area (Å²) in [6.07, 6.45) is 1.50. The van der Waals surface area contributed by atoms with Crippen molar-refractivity contribution in [2.75, 3.05) is 7.11 Å². The van der Waals surface area contributed by atoms with Crippen LogP contribution < -0.4 is 10.2 Å². The molecule has 2 aromatic rings. The van der Waals surface area contributed by atoms with Crippen LogP contribution >= 0.6 is 0 Å². The molecule has 5 heteroatoms. The molecule has 0 heterocycles. The molecular formula is C15H13FN2O2. The third kappa shape index (κ3) is 3.65. The van der Waals surface area contributed by atoms with E-state index in [4.69, 9.17) is 4.74 Å². The number of nitrogens with zero attached hydrogens (tertiary/aromatic N) is 1. The van der Waals surface area contributed by atoms with Crippen molar-refractivity contribution >= 4 is 12.1 Å². The molecule has 0 aliphatic rings. The number of nitrogens with one attached hydrogen (secondary N) is 1. The Hall–Kier alpha value is -2.69. The average molecular weight is 272 g/mol. The highest BCUT2D eigenvalue weighted by atomic mass is 19.1. The van der Waals surface area contributed by atoms with Gasteiger partial charge >= 0.3 is 0 Å². The fraction of sp³-hybridized carbons (Fsp3) is 0.0667. The van der Waals surface area contributed by atoms with E-state index in [0.29, 0.717) is 11.3 Å². The van der Waals surface area contributed by atoms with Gasteiger partial charge in [0.2, 0.25) is 0 Å². The molecule has 0 atom stereocenters. The standard InChI is InChI=1S/C15H13FN2O2/c1-20-14-4-2-3-11(9-14)10-17-18-15(19)12-5-7-13(16)8-6-12/h2-10H,1H3,(H,18,19)/b17-10-. The number of rotatable bonds is 4. The number of hydrogen-bond acceptors (Lipinski definition) is 3. The van der Waals surface area contributed by atoms with E-state index in [1.54, 1.807) is 13.2 Å². The molecular weight excluding hydrogens is 259 g/mol. The van der Waals surface area contributed by atoms with Crippen molar-refractivity contribution in [2.24, 2.45) is 5.10 Å². The van der Waals surface area contributed by atoms with Gasteiger partial charge in [0.15, 0.2) is 0 Å². The summed E-state index contributed by atoms with van der Waals surface area (Å²) >= 11 is 0. The van der Waals surface area contributed by atoms with Gasteiger partial charge in [0.25, 0.3) is 5.91 Å². The third-order valence-electron chi connectivity index (χ3n) is 2.58. The highest BCUT2D eigenvalue weighted by Gasteiger charge is 2.03. The molecule has 4 nitrogen and oxygen atoms in total. The Kier molecular flexibility index (Phi) is 4.44. The zero-order valence-corrected chi connectivity index (χ0v) is 10.8. The number of hydrogen-bond donors (Lipinski definition) is 1. The van der Waals surface area contributed by atoms with Gasteiger partial charge < -0.3 is 4.74 Å². The van der Waals surface area contributed by atoms with Gasteiger partial charge in [0.1, 0.15) is 11.6 Å². The zero-order chi connectivity index (χ0) is 14.4. The molecule has 0 aliphatic carbocycles. The second-order valence-corrected chi connectivity index (χ2v) is 3.98. The van der Waals surface area contributed by atoms with Gasteiger partial charge in [-0.15, -0.1) is 0 Å². The molecule has 1 N–H and O–H groups in total. The smallest absolute Gasteiger partial charge is 0.271 e. The minimum atomic E-state index is -0.399. The maximum atomic E-state index is 12.7. The van der Waals surface area contributed by atoms with E-state index in [0.717, 1.165) is 5.56 Å². The molecule has 0 radical (unpaired) electrons. The zero-order valence-electron chi connectivity index (χ0n) is 10.8. The Bertz CT molecular complexity index is 624. The SMILES string of the molecule is COc1cccc(/C=N\NC(=O)c2ccc(F)cc2)c1. The maximum Gasteiger partial charge on any atom is 0.271 e. The molecule has 0 aliphatic heterocycles. The monoisotopic (exact) mass is 272 g/mol. The van der Waals surface area contributed by atoms with E-state index in [1.165, 1.54) is 30.5 Å². The van der Waals surface area contributed by atoms with Crippen molar-refractivity contribution < 1.29 is 13.9 Å². The second kappa shape index (κ2) is 6.47. The number of carbonyl (C=O) groups excluding carboxylic acids is 1. The Labute approximate surface area is 115 Å². The van der Waals surface area contributed by atoms with Crippen LogP contribution in [0.4, 0.5) is 4.39 Å². The highest BCUT2D eigenvalue weighted by Crippen LogP contribution is 2.10. The molecule has 20 heavy (non-hydrogen) atoms. The van der Waals surface area contributed by atoms with Crippen molar-refractivity contribution in [3.05, 3.63) is 65.5 Å². The van der Waals surface area contributed by atoms with Crippen molar-refractivity contribution in [1.29, 1.82) is 0 Å². The molecule has 0 unspecified atom stereocenters. The number of halogens is 1. The van der Waals surface area contributed by atoms with Crippen LogP contribution in [-0.4, -0.2) is 19.2 Å². The van der Waals surface area contributed by atoms with Crippen molar-refractivity contribution in [2.45, 2.75) is 0 Å². The van der Waals surface area contributed by atoms with Crippen LogP contribution in [0, 0.1) is 5.82 Å². The van der Waals surface area contributed by atoms with Crippen LogP contribution in [0.3, 0.4) is 0 Å². The van der Waals surface area contributed by atoms with Crippen molar-refractivity contribution in [3.8, 4) is 5.75 Å². The molecule has 102 valence electrons. The molecule has 1 amide bonds. The summed E-state index contributed by atoms with van der Waals surface area (Å²) in [5.41, 5.74) is 3.51. The summed E-state index contributed by atoms with van der Waals surface area (Å²) in [4.78, 5) is 11.7. The van der Waals surface area contributed by atoms with Crippen molar-refractivity contribution in [1.82, 2.24) is 5.43 Å². The third-order valence-corrected chi connectivity index (χ3v) is 2.58. The minimum Gasteiger partial charge on any atom is -0.497 e. The lowest BCUT2D eigenvalue weighted by Crippen LogP contribution is -2.17. The minimum absolute atomic E-state index is 0.342. The van der Waals surface area contributed by atoms with E-state index in [2.05, 4.69) is 10.5 Å². The summed E-state index contributed by atoms with van der Waals surface area (Å²) in [6, 6.07) is 12.5. The van der Waals surface area contributed by atoms with Crippen molar-refractivity contribution in [3.63, 3.8) is 0 Å². The van der Waals surface area contributed by atoms with E-state index >= 15 is 0 Å². The molecule has 0 spiro atoms. The van der Waals surface area contributed by atoms with Gasteiger partial charge in [0, 0.05) is 5.56 Å². The molecule has 0 bridgehead atoms. The lowest BCUT2D eigenvalue weighted by atomic mass is 10.2. The van der Waals surface area contributed by atoms with E-state index < -0.39 is 5.91 Å². The topological polar surface area (TPSA) is 50.7 Å². The van der Waals surface area contributed by atoms with Gasteiger partial charge in [-0.3, -0.25) is 4.79 Å². The molecule has 0 saturated heterocycles. The van der Waals surface area contributed by atoms with Gasteiger partial charge in [-0.05, 0) is 42.0 Å². The van der Waals surface area contributed by atoms with Gasteiger partial charge in [-0.2, -0.15) is 5.10 Å². The molecule has 0 aromatic heterocycles. The largest absolute Gasteiger partial charge is 0.497 e. The quantitative estimate of drug-likeness (QED) is 0.687. The lowest BCUT2D eigenvalue weighted by molar-refractivity contribution is 0.0955. The predicted molar refractivity (Wildman–Crippen MR) is 74.5 cm³/mol. The lowest BCUT2D eigenvalue weighted by Gasteiger charge is -2.01. The molecule has 0 fully saturated rings. The van der Waals surface area contributed by atoms with Gasteiger partial charge in [0.05, 0.1) is 13.3 Å². The molecule has 0 saturated carbocycles. The second-order valence-electron chi connectivity index (χ2n) is 3.98. The first-order valence-corrected chi connectivity index (χ1v) is 5.92. The van der Waals surface area contributed by atoms with Crippen LogP contribution in [0.25, 0.3) is 0 Å². The summed E-state index contributed by atoms with van der Waals surface area (Å²) in [6.45, 7) is 0. The van der Waals surface area contributed by atoms with E-state index in [9.17, 15) is 9.18 Å².